The van der Waals surface area contributed by atoms with Gasteiger partial charge in [-0.25, -0.2) is 4.79 Å². The van der Waals surface area contributed by atoms with E-state index < -0.39 is 6.09 Å². The lowest BCUT2D eigenvalue weighted by Crippen LogP contribution is -2.17. The minimum atomic E-state index is -0.535. The summed E-state index contributed by atoms with van der Waals surface area (Å²) in [7, 11) is 1.51. The Morgan fingerprint density at radius 2 is 2.20 bits per heavy atom. The zero-order chi connectivity index (χ0) is 10.7. The maximum Gasteiger partial charge on any atom is 0.433 e. The van der Waals surface area contributed by atoms with Crippen LogP contribution in [-0.4, -0.2) is 18.9 Å². The van der Waals surface area contributed by atoms with Gasteiger partial charge in [0.2, 0.25) is 0 Å². The fourth-order valence-electron chi connectivity index (χ4n) is 1.64. The van der Waals surface area contributed by atoms with Crippen molar-refractivity contribution in [2.24, 2.45) is 5.16 Å². The van der Waals surface area contributed by atoms with E-state index in [9.17, 15) is 4.79 Å². The zero-order valence-corrected chi connectivity index (χ0v) is 8.49. The summed E-state index contributed by atoms with van der Waals surface area (Å²) >= 11 is 0. The number of benzene rings is 1. The highest BCUT2D eigenvalue weighted by atomic mass is 16.7. The van der Waals surface area contributed by atoms with Crippen molar-refractivity contribution < 1.29 is 9.63 Å². The number of nitrogens with one attached hydrogen (secondary N) is 1. The van der Waals surface area contributed by atoms with E-state index in [1.165, 1.54) is 12.6 Å². The van der Waals surface area contributed by atoms with E-state index in [1.54, 1.807) is 0 Å². The normalized spacial score (nSPS) is 16.2. The number of hydrogen-bond donors (Lipinski definition) is 1. The first kappa shape index (κ1) is 9.71. The van der Waals surface area contributed by atoms with Gasteiger partial charge in [0.15, 0.2) is 0 Å². The molecule has 0 heterocycles. The Hall–Kier alpha value is -1.84. The number of rotatable bonds is 1. The molecule has 1 N–H and O–H groups in total. The summed E-state index contributed by atoms with van der Waals surface area (Å²) in [5.74, 6) is 0. The zero-order valence-electron chi connectivity index (χ0n) is 8.49. The topological polar surface area (TPSA) is 50.7 Å². The number of nitrogens with zero attached hydrogens (tertiary/aromatic N) is 1. The SMILES string of the molecule is CNC(=O)O/N=C1/CCc2ccccc21. The van der Waals surface area contributed by atoms with E-state index in [0.29, 0.717) is 0 Å². The molecule has 1 aromatic rings. The van der Waals surface area contributed by atoms with E-state index in [-0.39, 0.29) is 0 Å². The van der Waals surface area contributed by atoms with Crippen LogP contribution in [-0.2, 0) is 11.3 Å². The van der Waals surface area contributed by atoms with Gasteiger partial charge in [-0.2, -0.15) is 0 Å². The molecule has 4 nitrogen and oxygen atoms in total. The van der Waals surface area contributed by atoms with Gasteiger partial charge < -0.3 is 5.32 Å². The molecule has 0 aliphatic heterocycles. The highest BCUT2D eigenvalue weighted by molar-refractivity contribution is 6.04. The van der Waals surface area contributed by atoms with Crippen molar-refractivity contribution in [2.45, 2.75) is 12.8 Å². The predicted octanol–water partition coefficient (Wildman–Crippen LogP) is 1.69. The Balaban J connectivity index is 2.17. The van der Waals surface area contributed by atoms with Crippen molar-refractivity contribution in [2.75, 3.05) is 7.05 Å². The Morgan fingerprint density at radius 3 is 3.00 bits per heavy atom. The van der Waals surface area contributed by atoms with Gasteiger partial charge in [0.05, 0.1) is 5.71 Å². The van der Waals surface area contributed by atoms with Crippen LogP contribution in [0.1, 0.15) is 17.5 Å². The van der Waals surface area contributed by atoms with E-state index in [1.807, 2.05) is 18.2 Å². The minimum absolute atomic E-state index is 0.535. The second-order valence-corrected chi connectivity index (χ2v) is 3.32. The number of aryl methyl sites for hydroxylation is 1. The van der Waals surface area contributed by atoms with Crippen LogP contribution in [0.3, 0.4) is 0 Å². The van der Waals surface area contributed by atoms with E-state index in [0.717, 1.165) is 24.1 Å². The van der Waals surface area contributed by atoms with Crippen LogP contribution < -0.4 is 5.32 Å². The average Bonchev–Trinajstić information content (AvgIpc) is 2.69. The summed E-state index contributed by atoms with van der Waals surface area (Å²) in [5.41, 5.74) is 3.19. The number of fused-ring (bicyclic) bond motifs is 1. The third-order valence-corrected chi connectivity index (χ3v) is 2.40. The van der Waals surface area contributed by atoms with Gasteiger partial charge in [0.1, 0.15) is 0 Å². The Kier molecular flexibility index (Phi) is 2.67. The number of hydrogen-bond acceptors (Lipinski definition) is 3. The van der Waals surface area contributed by atoms with Gasteiger partial charge >= 0.3 is 6.09 Å². The fraction of sp³-hybridized carbons (Fsp3) is 0.273. The number of amides is 1. The third-order valence-electron chi connectivity index (χ3n) is 2.40. The maximum atomic E-state index is 10.8. The van der Waals surface area contributed by atoms with Crippen LogP contribution in [0.4, 0.5) is 4.79 Å². The second-order valence-electron chi connectivity index (χ2n) is 3.32. The van der Waals surface area contributed by atoms with E-state index in [4.69, 9.17) is 0 Å². The lowest BCUT2D eigenvalue weighted by atomic mass is 10.1. The van der Waals surface area contributed by atoms with Crippen molar-refractivity contribution in [3.05, 3.63) is 35.4 Å². The van der Waals surface area contributed by atoms with Crippen molar-refractivity contribution in [1.29, 1.82) is 0 Å². The molecular weight excluding hydrogens is 192 g/mol. The summed E-state index contributed by atoms with van der Waals surface area (Å²) in [6, 6.07) is 8.02. The summed E-state index contributed by atoms with van der Waals surface area (Å²) < 4.78 is 0. The van der Waals surface area contributed by atoms with E-state index in [2.05, 4.69) is 21.4 Å². The Bertz CT molecular complexity index is 413. The van der Waals surface area contributed by atoms with Crippen molar-refractivity contribution >= 4 is 11.8 Å². The largest absolute Gasteiger partial charge is 0.433 e. The average molecular weight is 204 g/mol. The molecule has 0 radical (unpaired) electrons. The summed E-state index contributed by atoms with van der Waals surface area (Å²) in [6.45, 7) is 0. The van der Waals surface area contributed by atoms with Crippen LogP contribution >= 0.6 is 0 Å². The summed E-state index contributed by atoms with van der Waals surface area (Å²) in [5, 5.41) is 6.18. The molecule has 4 heteroatoms. The lowest BCUT2D eigenvalue weighted by molar-refractivity contribution is 0.153. The molecule has 0 saturated carbocycles. The predicted molar refractivity (Wildman–Crippen MR) is 56.8 cm³/mol. The lowest BCUT2D eigenvalue weighted by Gasteiger charge is -1.99. The second kappa shape index (κ2) is 4.13. The monoisotopic (exact) mass is 204 g/mol. The molecule has 1 aliphatic rings. The fourth-order valence-corrected chi connectivity index (χ4v) is 1.64. The molecule has 78 valence electrons. The highest BCUT2D eigenvalue weighted by Crippen LogP contribution is 2.21. The van der Waals surface area contributed by atoms with Gasteiger partial charge in [0, 0.05) is 12.6 Å². The van der Waals surface area contributed by atoms with Crippen molar-refractivity contribution in [3.63, 3.8) is 0 Å². The Morgan fingerprint density at radius 1 is 1.40 bits per heavy atom. The molecule has 0 unspecified atom stereocenters. The van der Waals surface area contributed by atoms with Crippen LogP contribution in [0, 0.1) is 0 Å². The number of oxime groups is 1. The van der Waals surface area contributed by atoms with Crippen molar-refractivity contribution in [1.82, 2.24) is 5.32 Å². The Labute approximate surface area is 87.9 Å². The molecule has 0 spiro atoms. The van der Waals surface area contributed by atoms with E-state index >= 15 is 0 Å². The summed E-state index contributed by atoms with van der Waals surface area (Å²) in [4.78, 5) is 15.5. The van der Waals surface area contributed by atoms with Gasteiger partial charge in [-0.15, -0.1) is 0 Å². The summed E-state index contributed by atoms with van der Waals surface area (Å²) in [6.07, 6.45) is 1.26. The maximum absolute atomic E-state index is 10.8. The highest BCUT2D eigenvalue weighted by Gasteiger charge is 2.17. The van der Waals surface area contributed by atoms with Crippen LogP contribution in [0.2, 0.25) is 0 Å². The molecule has 2 rings (SSSR count). The van der Waals surface area contributed by atoms with Gasteiger partial charge in [-0.05, 0) is 18.4 Å². The quantitative estimate of drug-likeness (QED) is 0.559. The van der Waals surface area contributed by atoms with Crippen LogP contribution in [0.15, 0.2) is 29.4 Å². The number of carbonyl (C=O) groups is 1. The minimum Gasteiger partial charge on any atom is -0.323 e. The first-order valence-corrected chi connectivity index (χ1v) is 4.85. The van der Waals surface area contributed by atoms with Crippen LogP contribution in [0.25, 0.3) is 0 Å². The smallest absolute Gasteiger partial charge is 0.323 e. The molecule has 0 saturated heterocycles. The molecule has 1 aromatic carbocycles. The van der Waals surface area contributed by atoms with Gasteiger partial charge in [-0.3, -0.25) is 4.84 Å². The third kappa shape index (κ3) is 1.98. The first-order valence-electron chi connectivity index (χ1n) is 4.85. The molecule has 15 heavy (non-hydrogen) atoms. The molecule has 0 atom stereocenters. The molecule has 1 amide bonds. The molecule has 0 fully saturated rings. The molecule has 0 aromatic heterocycles. The van der Waals surface area contributed by atoms with Crippen molar-refractivity contribution in [3.8, 4) is 0 Å². The molecular formula is C11H12N2O2. The standard InChI is InChI=1S/C11H12N2O2/c1-12-11(14)15-13-10-7-6-8-4-2-3-5-9(8)10/h2-5H,6-7H2,1H3,(H,12,14)/b13-10-. The number of carbonyl (C=O) groups excluding carboxylic acids is 1. The van der Waals surface area contributed by atoms with Gasteiger partial charge in [0.25, 0.3) is 0 Å². The van der Waals surface area contributed by atoms with Crippen LogP contribution in [0.5, 0.6) is 0 Å². The first-order chi connectivity index (χ1) is 7.31. The molecule has 0 bridgehead atoms. The molecule has 1 aliphatic carbocycles. The van der Waals surface area contributed by atoms with Gasteiger partial charge in [-0.1, -0.05) is 29.4 Å².